The molecule has 1 unspecified atom stereocenters. The van der Waals surface area contributed by atoms with E-state index in [1.165, 1.54) is 19.3 Å². The zero-order chi connectivity index (χ0) is 15.3. The fourth-order valence-corrected chi connectivity index (χ4v) is 5.80. The highest BCUT2D eigenvalue weighted by Crippen LogP contribution is 2.61. The van der Waals surface area contributed by atoms with E-state index in [9.17, 15) is 9.90 Å². The summed E-state index contributed by atoms with van der Waals surface area (Å²) >= 11 is 0. The van der Waals surface area contributed by atoms with Gasteiger partial charge in [0, 0.05) is 12.6 Å². The molecule has 0 aliphatic heterocycles. The highest BCUT2D eigenvalue weighted by atomic mass is 16.5. The van der Waals surface area contributed by atoms with Crippen LogP contribution in [0.15, 0.2) is 10.6 Å². The summed E-state index contributed by atoms with van der Waals surface area (Å²) in [5.74, 6) is 2.32. The van der Waals surface area contributed by atoms with Crippen LogP contribution in [0.2, 0.25) is 0 Å². The van der Waals surface area contributed by atoms with Crippen LogP contribution in [0.1, 0.15) is 50.0 Å². The minimum absolute atomic E-state index is 0.0423. The second kappa shape index (κ2) is 5.08. The Morgan fingerprint density at radius 3 is 2.41 bits per heavy atom. The monoisotopic (exact) mass is 304 g/mol. The van der Waals surface area contributed by atoms with Crippen molar-refractivity contribution in [2.45, 2.75) is 58.0 Å². The van der Waals surface area contributed by atoms with Crippen LogP contribution in [-0.4, -0.2) is 22.3 Å². The molecule has 4 aliphatic carbocycles. The zero-order valence-electron chi connectivity index (χ0n) is 13.0. The minimum atomic E-state index is -0.706. The number of carboxylic acid groups (broad SMARTS) is 1. The number of nitrogens with one attached hydrogen (secondary N) is 1. The number of carbonyl (C=O) groups is 1. The van der Waals surface area contributed by atoms with Crippen molar-refractivity contribution in [3.63, 3.8) is 0 Å². The van der Waals surface area contributed by atoms with Crippen LogP contribution < -0.4 is 5.32 Å². The van der Waals surface area contributed by atoms with Gasteiger partial charge in [-0.25, -0.2) is 0 Å². The van der Waals surface area contributed by atoms with E-state index in [2.05, 4.69) is 10.5 Å². The maximum atomic E-state index is 11.9. The van der Waals surface area contributed by atoms with Crippen molar-refractivity contribution in [3.05, 3.63) is 17.5 Å². The third kappa shape index (κ3) is 2.35. The maximum Gasteiger partial charge on any atom is 0.321 e. The standard InChI is InChI=1S/C17H24N2O3/c1-10-2-14(19-22-10)9-18-15(16(20)21)17-6-11-3-12(7-17)5-13(4-11)8-17/h2,11-13,15,18H,3-9H2,1H3,(H,20,21). The number of hydrogen-bond donors (Lipinski definition) is 2. The van der Waals surface area contributed by atoms with E-state index in [1.807, 2.05) is 13.0 Å². The van der Waals surface area contributed by atoms with Crippen LogP contribution in [0, 0.1) is 30.1 Å². The third-order valence-corrected chi connectivity index (χ3v) is 6.11. The average Bonchev–Trinajstić information content (AvgIpc) is 2.82. The number of aromatic nitrogens is 1. The topological polar surface area (TPSA) is 75.4 Å². The smallest absolute Gasteiger partial charge is 0.321 e. The van der Waals surface area contributed by atoms with E-state index in [4.69, 9.17) is 4.52 Å². The molecular formula is C17H24N2O3. The third-order valence-electron chi connectivity index (χ3n) is 6.11. The van der Waals surface area contributed by atoms with Gasteiger partial charge in [0.1, 0.15) is 11.8 Å². The Kier molecular flexibility index (Phi) is 3.29. The number of aryl methyl sites for hydroxylation is 1. The molecule has 1 aromatic rings. The fourth-order valence-electron chi connectivity index (χ4n) is 5.80. The van der Waals surface area contributed by atoms with Gasteiger partial charge in [0.2, 0.25) is 0 Å². The Bertz CT molecular complexity index is 545. The van der Waals surface area contributed by atoms with E-state index in [0.29, 0.717) is 6.54 Å². The van der Waals surface area contributed by atoms with Gasteiger partial charge in [-0.2, -0.15) is 0 Å². The lowest BCUT2D eigenvalue weighted by Gasteiger charge is -2.58. The second-order valence-electron chi connectivity index (χ2n) is 7.86. The number of carboxylic acids is 1. The molecule has 0 saturated heterocycles. The molecule has 0 radical (unpaired) electrons. The summed E-state index contributed by atoms with van der Waals surface area (Å²) in [6.07, 6.45) is 7.23. The normalized spacial score (nSPS) is 37.4. The van der Waals surface area contributed by atoms with Crippen molar-refractivity contribution in [3.8, 4) is 0 Å². The predicted octanol–water partition coefficient (Wildman–Crippen LogP) is 2.74. The summed E-state index contributed by atoms with van der Waals surface area (Å²) < 4.78 is 5.07. The zero-order valence-corrected chi connectivity index (χ0v) is 13.0. The molecule has 120 valence electrons. The average molecular weight is 304 g/mol. The summed E-state index contributed by atoms with van der Waals surface area (Å²) in [5, 5.41) is 17.1. The molecule has 2 N–H and O–H groups in total. The van der Waals surface area contributed by atoms with E-state index in [1.54, 1.807) is 0 Å². The first kappa shape index (κ1) is 14.2. The molecule has 1 heterocycles. The molecule has 4 fully saturated rings. The summed E-state index contributed by atoms with van der Waals surface area (Å²) in [6, 6.07) is 1.41. The number of hydrogen-bond acceptors (Lipinski definition) is 4. The number of aliphatic carboxylic acids is 1. The van der Waals surface area contributed by atoms with Gasteiger partial charge < -0.3 is 9.63 Å². The van der Waals surface area contributed by atoms with Crippen LogP contribution in [-0.2, 0) is 11.3 Å². The number of rotatable bonds is 5. The molecule has 5 nitrogen and oxygen atoms in total. The van der Waals surface area contributed by atoms with Gasteiger partial charge in [-0.15, -0.1) is 0 Å². The SMILES string of the molecule is Cc1cc(CNC(C(=O)O)C23CC4CC(CC(C4)C2)C3)no1. The molecular weight excluding hydrogens is 280 g/mol. The van der Waals surface area contributed by atoms with Crippen molar-refractivity contribution in [1.29, 1.82) is 0 Å². The minimum Gasteiger partial charge on any atom is -0.480 e. The lowest BCUT2D eigenvalue weighted by Crippen LogP contribution is -2.58. The molecule has 1 atom stereocenters. The van der Waals surface area contributed by atoms with Crippen LogP contribution >= 0.6 is 0 Å². The van der Waals surface area contributed by atoms with Crippen LogP contribution in [0.25, 0.3) is 0 Å². The van der Waals surface area contributed by atoms with E-state index in [0.717, 1.165) is 48.5 Å². The van der Waals surface area contributed by atoms with Crippen LogP contribution in [0.5, 0.6) is 0 Å². The summed E-state index contributed by atoms with van der Waals surface area (Å²) in [5.41, 5.74) is 0.743. The maximum absolute atomic E-state index is 11.9. The summed E-state index contributed by atoms with van der Waals surface area (Å²) in [7, 11) is 0. The molecule has 5 heteroatoms. The molecule has 0 amide bonds. The van der Waals surface area contributed by atoms with Gasteiger partial charge in [-0.05, 0) is 68.6 Å². The van der Waals surface area contributed by atoms with E-state index >= 15 is 0 Å². The van der Waals surface area contributed by atoms with Crippen molar-refractivity contribution >= 4 is 5.97 Å². The van der Waals surface area contributed by atoms with Gasteiger partial charge >= 0.3 is 5.97 Å². The highest BCUT2D eigenvalue weighted by Gasteiger charge is 2.55. The van der Waals surface area contributed by atoms with Crippen molar-refractivity contribution in [2.75, 3.05) is 0 Å². The highest BCUT2D eigenvalue weighted by molar-refractivity contribution is 5.74. The first-order valence-corrected chi connectivity index (χ1v) is 8.42. The molecule has 5 rings (SSSR count). The molecule has 1 aromatic heterocycles. The van der Waals surface area contributed by atoms with Crippen LogP contribution in [0.4, 0.5) is 0 Å². The van der Waals surface area contributed by atoms with E-state index < -0.39 is 12.0 Å². The molecule has 4 aliphatic rings. The number of nitrogens with zero attached hydrogens (tertiary/aromatic N) is 1. The van der Waals surface area contributed by atoms with E-state index in [-0.39, 0.29) is 5.41 Å². The van der Waals surface area contributed by atoms with Gasteiger partial charge in [0.15, 0.2) is 0 Å². The molecule has 22 heavy (non-hydrogen) atoms. The molecule has 0 aromatic carbocycles. The fraction of sp³-hybridized carbons (Fsp3) is 0.765. The van der Waals surface area contributed by atoms with Gasteiger partial charge in [-0.1, -0.05) is 5.16 Å². The summed E-state index contributed by atoms with van der Waals surface area (Å²) in [4.78, 5) is 11.9. The molecule has 4 saturated carbocycles. The van der Waals surface area contributed by atoms with Gasteiger partial charge in [0.25, 0.3) is 0 Å². The van der Waals surface area contributed by atoms with Crippen LogP contribution in [0.3, 0.4) is 0 Å². The molecule has 0 spiro atoms. The largest absolute Gasteiger partial charge is 0.480 e. The van der Waals surface area contributed by atoms with Crippen molar-refractivity contribution in [2.24, 2.45) is 23.2 Å². The Hall–Kier alpha value is -1.36. The second-order valence-corrected chi connectivity index (χ2v) is 7.86. The Balaban J connectivity index is 1.53. The molecule has 4 bridgehead atoms. The predicted molar refractivity (Wildman–Crippen MR) is 80.1 cm³/mol. The Morgan fingerprint density at radius 1 is 1.36 bits per heavy atom. The lowest BCUT2D eigenvalue weighted by molar-refractivity contribution is -0.151. The van der Waals surface area contributed by atoms with Crippen molar-refractivity contribution < 1.29 is 14.4 Å². The van der Waals surface area contributed by atoms with Gasteiger partial charge in [-0.3, -0.25) is 10.1 Å². The Labute approximate surface area is 130 Å². The van der Waals surface area contributed by atoms with Gasteiger partial charge in [0.05, 0.1) is 5.69 Å². The first-order valence-electron chi connectivity index (χ1n) is 8.42. The van der Waals surface area contributed by atoms with Crippen molar-refractivity contribution in [1.82, 2.24) is 10.5 Å². The Morgan fingerprint density at radius 2 is 1.95 bits per heavy atom. The quantitative estimate of drug-likeness (QED) is 0.875. The summed E-state index contributed by atoms with van der Waals surface area (Å²) in [6.45, 7) is 2.32. The lowest BCUT2D eigenvalue weighted by atomic mass is 9.47. The first-order chi connectivity index (χ1) is 10.5.